The third-order valence-corrected chi connectivity index (χ3v) is 6.00. The molecule has 1 saturated heterocycles. The molecule has 2 aromatic rings. The van der Waals surface area contributed by atoms with E-state index in [1.54, 1.807) is 13.2 Å². The van der Waals surface area contributed by atoms with Crippen LogP contribution in [-0.2, 0) is 4.79 Å². The van der Waals surface area contributed by atoms with Crippen LogP contribution < -0.4 is 18.9 Å². The van der Waals surface area contributed by atoms with Crippen LogP contribution in [0.2, 0.25) is 0 Å². The van der Waals surface area contributed by atoms with Crippen molar-refractivity contribution in [2.24, 2.45) is 0 Å². The van der Waals surface area contributed by atoms with Gasteiger partial charge in [0.1, 0.15) is 15.8 Å². The molecule has 0 saturated carbocycles. The van der Waals surface area contributed by atoms with Crippen LogP contribution in [-0.4, -0.2) is 48.6 Å². The van der Waals surface area contributed by atoms with E-state index in [9.17, 15) is 4.79 Å². The Balaban J connectivity index is 1.57. The number of carbonyl (C=O) groups excluding carboxylic acids is 1. The monoisotopic (exact) mass is 485 g/mol. The molecule has 1 fully saturated rings. The molecule has 2 aromatic carbocycles. The number of carbonyl (C=O) groups is 1. The van der Waals surface area contributed by atoms with Crippen molar-refractivity contribution in [1.29, 1.82) is 0 Å². The fraction of sp³-hybridized carbons (Fsp3) is 0.280. The highest BCUT2D eigenvalue weighted by molar-refractivity contribution is 8.26. The first-order valence-corrected chi connectivity index (χ1v) is 11.8. The maximum Gasteiger partial charge on any atom is 0.266 e. The number of rotatable bonds is 12. The van der Waals surface area contributed by atoms with Gasteiger partial charge in [-0.25, -0.2) is 0 Å². The lowest BCUT2D eigenvalue weighted by Crippen LogP contribution is -2.27. The number of nitrogens with zero attached hydrogens (tertiary/aromatic N) is 1. The molecule has 1 aliphatic heterocycles. The Morgan fingerprint density at radius 2 is 1.76 bits per heavy atom. The minimum Gasteiger partial charge on any atom is -0.497 e. The number of hydrogen-bond acceptors (Lipinski definition) is 7. The molecule has 0 radical (unpaired) electrons. The molecule has 0 atom stereocenters. The highest BCUT2D eigenvalue weighted by atomic mass is 32.2. The lowest BCUT2D eigenvalue weighted by atomic mass is 10.2. The summed E-state index contributed by atoms with van der Waals surface area (Å²) >= 11 is 6.58. The Bertz CT molecular complexity index is 1020. The topological polar surface area (TPSA) is 57.2 Å². The van der Waals surface area contributed by atoms with Gasteiger partial charge in [0.15, 0.2) is 11.5 Å². The summed E-state index contributed by atoms with van der Waals surface area (Å²) in [6.45, 7) is 7.51. The van der Waals surface area contributed by atoms with Crippen molar-refractivity contribution in [3.63, 3.8) is 0 Å². The molecule has 0 unspecified atom stereocenters. The minimum absolute atomic E-state index is 0.111. The summed E-state index contributed by atoms with van der Waals surface area (Å²) in [6, 6.07) is 13.1. The zero-order valence-corrected chi connectivity index (χ0v) is 20.4. The number of methoxy groups -OCH3 is 1. The minimum atomic E-state index is -0.111. The summed E-state index contributed by atoms with van der Waals surface area (Å²) in [6.07, 6.45) is 4.19. The van der Waals surface area contributed by atoms with E-state index < -0.39 is 0 Å². The van der Waals surface area contributed by atoms with E-state index in [0.717, 1.165) is 17.1 Å². The molecule has 0 spiro atoms. The van der Waals surface area contributed by atoms with E-state index in [1.165, 1.54) is 16.7 Å². The lowest BCUT2D eigenvalue weighted by Gasteiger charge is -2.13. The largest absolute Gasteiger partial charge is 0.497 e. The second-order valence-corrected chi connectivity index (χ2v) is 8.62. The Labute approximate surface area is 204 Å². The SMILES string of the molecule is C=CCN1C(=O)/C(=C\c2ccc(OCCCOc3ccc(OC)cc3)c(OCC)c2)SC1=S. The molecule has 8 heteroatoms. The maximum absolute atomic E-state index is 12.6. The number of thiocarbonyl (C=S) groups is 1. The molecule has 174 valence electrons. The summed E-state index contributed by atoms with van der Waals surface area (Å²) in [5, 5.41) is 0. The predicted molar refractivity (Wildman–Crippen MR) is 136 cm³/mol. The Morgan fingerprint density at radius 1 is 1.03 bits per heavy atom. The first-order valence-electron chi connectivity index (χ1n) is 10.6. The van der Waals surface area contributed by atoms with Crippen LogP contribution in [0.5, 0.6) is 23.0 Å². The van der Waals surface area contributed by atoms with E-state index >= 15 is 0 Å². The first-order chi connectivity index (χ1) is 16.0. The molecule has 6 nitrogen and oxygen atoms in total. The van der Waals surface area contributed by atoms with Crippen LogP contribution >= 0.6 is 24.0 Å². The molecule has 1 aliphatic rings. The molecule has 0 aromatic heterocycles. The fourth-order valence-corrected chi connectivity index (χ4v) is 4.32. The molecule has 1 heterocycles. The number of thioether (sulfide) groups is 1. The lowest BCUT2D eigenvalue weighted by molar-refractivity contribution is -0.121. The number of benzene rings is 2. The van der Waals surface area contributed by atoms with Crippen molar-refractivity contribution >= 4 is 40.3 Å². The van der Waals surface area contributed by atoms with Gasteiger partial charge in [0.2, 0.25) is 0 Å². The van der Waals surface area contributed by atoms with Crippen LogP contribution in [0.15, 0.2) is 60.0 Å². The van der Waals surface area contributed by atoms with Gasteiger partial charge >= 0.3 is 0 Å². The Morgan fingerprint density at radius 3 is 2.45 bits per heavy atom. The van der Waals surface area contributed by atoms with Crippen molar-refractivity contribution in [1.82, 2.24) is 4.90 Å². The second-order valence-electron chi connectivity index (χ2n) is 6.95. The fourth-order valence-electron chi connectivity index (χ4n) is 3.04. The van der Waals surface area contributed by atoms with Gasteiger partial charge in [-0.2, -0.15) is 0 Å². The summed E-state index contributed by atoms with van der Waals surface area (Å²) in [7, 11) is 1.63. The average molecular weight is 486 g/mol. The zero-order chi connectivity index (χ0) is 23.6. The summed E-state index contributed by atoms with van der Waals surface area (Å²) in [4.78, 5) is 14.7. The normalized spacial score (nSPS) is 14.5. The van der Waals surface area contributed by atoms with Gasteiger partial charge < -0.3 is 18.9 Å². The second kappa shape index (κ2) is 12.3. The molecular formula is C25H27NO5S2. The molecule has 33 heavy (non-hydrogen) atoms. The van der Waals surface area contributed by atoms with Crippen LogP contribution in [0.25, 0.3) is 6.08 Å². The number of ether oxygens (including phenoxy) is 4. The van der Waals surface area contributed by atoms with Gasteiger partial charge in [-0.3, -0.25) is 9.69 Å². The van der Waals surface area contributed by atoms with Gasteiger partial charge in [0.05, 0.1) is 31.8 Å². The van der Waals surface area contributed by atoms with Gasteiger partial charge in [0, 0.05) is 13.0 Å². The number of amides is 1. The first kappa shape index (κ1) is 24.7. The standard InChI is InChI=1S/C25H27NO5S2/c1-4-13-26-24(27)23(33-25(26)32)17-18-7-12-21(22(16-18)29-5-2)31-15-6-14-30-20-10-8-19(28-3)9-11-20/h4,7-12,16-17H,1,5-6,13-15H2,2-3H3/b23-17+. The van der Waals surface area contributed by atoms with Crippen LogP contribution in [0, 0.1) is 0 Å². The smallest absolute Gasteiger partial charge is 0.266 e. The molecule has 3 rings (SSSR count). The highest BCUT2D eigenvalue weighted by Crippen LogP contribution is 2.35. The Kier molecular flexibility index (Phi) is 9.21. The van der Waals surface area contributed by atoms with Crippen molar-refractivity contribution < 1.29 is 23.7 Å². The van der Waals surface area contributed by atoms with E-state index in [0.29, 0.717) is 53.5 Å². The van der Waals surface area contributed by atoms with Crippen LogP contribution in [0.3, 0.4) is 0 Å². The quantitative estimate of drug-likeness (QED) is 0.174. The molecule has 0 bridgehead atoms. The van der Waals surface area contributed by atoms with Crippen molar-refractivity contribution in [2.75, 3.05) is 33.5 Å². The van der Waals surface area contributed by atoms with Crippen molar-refractivity contribution in [3.8, 4) is 23.0 Å². The molecule has 0 aliphatic carbocycles. The molecular weight excluding hydrogens is 458 g/mol. The van der Waals surface area contributed by atoms with E-state index in [1.807, 2.05) is 55.5 Å². The van der Waals surface area contributed by atoms with Crippen LogP contribution in [0.4, 0.5) is 0 Å². The highest BCUT2D eigenvalue weighted by Gasteiger charge is 2.31. The zero-order valence-electron chi connectivity index (χ0n) is 18.7. The van der Waals surface area contributed by atoms with E-state index in [4.69, 9.17) is 31.2 Å². The van der Waals surface area contributed by atoms with Gasteiger partial charge in [-0.1, -0.05) is 36.1 Å². The third kappa shape index (κ3) is 6.76. The Hall–Kier alpha value is -2.97. The third-order valence-electron chi connectivity index (χ3n) is 4.63. The predicted octanol–water partition coefficient (Wildman–Crippen LogP) is 5.33. The van der Waals surface area contributed by atoms with Gasteiger partial charge in [-0.05, 0) is 55.0 Å². The summed E-state index contributed by atoms with van der Waals surface area (Å²) < 4.78 is 23.1. The van der Waals surface area contributed by atoms with E-state index in [-0.39, 0.29) is 5.91 Å². The summed E-state index contributed by atoms with van der Waals surface area (Å²) in [5.74, 6) is 2.75. The number of hydrogen-bond donors (Lipinski definition) is 0. The maximum atomic E-state index is 12.6. The average Bonchev–Trinajstić information content (AvgIpc) is 3.08. The van der Waals surface area contributed by atoms with Crippen LogP contribution in [0.1, 0.15) is 18.9 Å². The van der Waals surface area contributed by atoms with Crippen molar-refractivity contribution in [2.45, 2.75) is 13.3 Å². The van der Waals surface area contributed by atoms with E-state index in [2.05, 4.69) is 6.58 Å². The summed E-state index contributed by atoms with van der Waals surface area (Å²) in [5.41, 5.74) is 0.841. The molecule has 0 N–H and O–H groups in total. The molecule has 1 amide bonds. The van der Waals surface area contributed by atoms with Gasteiger partial charge in [-0.15, -0.1) is 6.58 Å². The van der Waals surface area contributed by atoms with Crippen molar-refractivity contribution in [3.05, 3.63) is 65.6 Å². The van der Waals surface area contributed by atoms with Gasteiger partial charge in [0.25, 0.3) is 5.91 Å².